The molecule has 3 nitrogen and oxygen atoms in total. The van der Waals surface area contributed by atoms with Crippen molar-refractivity contribution in [3.05, 3.63) is 35.6 Å². The first-order valence-corrected chi connectivity index (χ1v) is 6.34. The fourth-order valence-corrected chi connectivity index (χ4v) is 2.38. The van der Waals surface area contributed by atoms with Gasteiger partial charge in [-0.25, -0.2) is 4.39 Å². The topological polar surface area (TPSA) is 46.3 Å². The van der Waals surface area contributed by atoms with Crippen LogP contribution in [0, 0.1) is 11.7 Å². The first-order chi connectivity index (χ1) is 8.56. The molecule has 0 saturated carbocycles. The third kappa shape index (κ3) is 4.18. The van der Waals surface area contributed by atoms with Crippen molar-refractivity contribution in [2.24, 2.45) is 11.7 Å². The molecule has 1 aromatic carbocycles. The number of halogens is 2. The number of nitrogens with zero attached hydrogens (tertiary/aromatic N) is 1. The van der Waals surface area contributed by atoms with E-state index in [1.54, 1.807) is 12.1 Å². The Bertz CT molecular complexity index is 439. The second-order valence-corrected chi connectivity index (χ2v) is 5.05. The van der Waals surface area contributed by atoms with Gasteiger partial charge in [-0.1, -0.05) is 12.1 Å². The van der Waals surface area contributed by atoms with Crippen LogP contribution in [-0.4, -0.2) is 29.9 Å². The van der Waals surface area contributed by atoms with Gasteiger partial charge in [0, 0.05) is 19.1 Å². The molecule has 1 aliphatic heterocycles. The summed E-state index contributed by atoms with van der Waals surface area (Å²) in [6.07, 6.45) is 1.23. The van der Waals surface area contributed by atoms with Crippen LogP contribution >= 0.6 is 12.4 Å². The molecule has 1 saturated heterocycles. The van der Waals surface area contributed by atoms with Crippen LogP contribution in [0.25, 0.3) is 0 Å². The lowest BCUT2D eigenvalue weighted by atomic mass is 10.0. The smallest absolute Gasteiger partial charge is 0.227 e. The van der Waals surface area contributed by atoms with Crippen LogP contribution < -0.4 is 5.73 Å². The van der Waals surface area contributed by atoms with E-state index in [9.17, 15) is 9.18 Å². The zero-order valence-corrected chi connectivity index (χ0v) is 11.8. The van der Waals surface area contributed by atoms with Gasteiger partial charge in [-0.2, -0.15) is 0 Å². The van der Waals surface area contributed by atoms with Crippen molar-refractivity contribution in [2.75, 3.05) is 13.1 Å². The molecule has 19 heavy (non-hydrogen) atoms. The Morgan fingerprint density at radius 1 is 1.58 bits per heavy atom. The minimum absolute atomic E-state index is 0. The number of carbonyl (C=O) groups is 1. The van der Waals surface area contributed by atoms with Crippen LogP contribution in [0.1, 0.15) is 18.9 Å². The fourth-order valence-electron chi connectivity index (χ4n) is 2.38. The van der Waals surface area contributed by atoms with E-state index in [1.165, 1.54) is 12.1 Å². The molecular weight excluding hydrogens is 267 g/mol. The summed E-state index contributed by atoms with van der Waals surface area (Å²) in [7, 11) is 0. The normalized spacial score (nSPS) is 19.9. The molecule has 0 spiro atoms. The number of hydrogen-bond acceptors (Lipinski definition) is 2. The molecule has 1 aliphatic rings. The van der Waals surface area contributed by atoms with Gasteiger partial charge in [0.15, 0.2) is 0 Å². The minimum Gasteiger partial charge on any atom is -0.342 e. The lowest BCUT2D eigenvalue weighted by Gasteiger charge is -2.18. The van der Waals surface area contributed by atoms with E-state index < -0.39 is 0 Å². The predicted molar refractivity (Wildman–Crippen MR) is 75.7 cm³/mol. The molecule has 0 bridgehead atoms. The fraction of sp³-hybridized carbons (Fsp3) is 0.500. The van der Waals surface area contributed by atoms with E-state index in [1.807, 2.05) is 11.8 Å². The van der Waals surface area contributed by atoms with E-state index in [0.29, 0.717) is 5.92 Å². The van der Waals surface area contributed by atoms with E-state index in [-0.39, 0.29) is 36.6 Å². The van der Waals surface area contributed by atoms with Crippen molar-refractivity contribution in [1.29, 1.82) is 0 Å². The van der Waals surface area contributed by atoms with Crippen molar-refractivity contribution in [1.82, 2.24) is 4.90 Å². The summed E-state index contributed by atoms with van der Waals surface area (Å²) >= 11 is 0. The van der Waals surface area contributed by atoms with Crippen LogP contribution in [-0.2, 0) is 11.2 Å². The van der Waals surface area contributed by atoms with Gasteiger partial charge >= 0.3 is 0 Å². The molecule has 1 amide bonds. The van der Waals surface area contributed by atoms with Gasteiger partial charge in [0.25, 0.3) is 0 Å². The van der Waals surface area contributed by atoms with E-state index >= 15 is 0 Å². The molecule has 5 heteroatoms. The number of carbonyl (C=O) groups excluding carboxylic acids is 1. The molecule has 2 rings (SSSR count). The van der Waals surface area contributed by atoms with Crippen molar-refractivity contribution in [2.45, 2.75) is 25.8 Å². The van der Waals surface area contributed by atoms with Gasteiger partial charge in [0.1, 0.15) is 5.82 Å². The summed E-state index contributed by atoms with van der Waals surface area (Å²) in [5.41, 5.74) is 6.57. The number of amides is 1. The molecule has 1 aromatic rings. The van der Waals surface area contributed by atoms with Crippen LogP contribution in [0.4, 0.5) is 4.39 Å². The highest BCUT2D eigenvalue weighted by Crippen LogP contribution is 2.19. The van der Waals surface area contributed by atoms with Crippen LogP contribution in [0.5, 0.6) is 0 Å². The van der Waals surface area contributed by atoms with Crippen molar-refractivity contribution in [3.63, 3.8) is 0 Å². The lowest BCUT2D eigenvalue weighted by molar-refractivity contribution is -0.129. The average Bonchev–Trinajstić information content (AvgIpc) is 2.78. The molecular formula is C14H20ClFN2O. The van der Waals surface area contributed by atoms with Crippen molar-refractivity contribution in [3.8, 4) is 0 Å². The SMILES string of the molecule is CC(N)C1CCN(C(=O)Cc2cccc(F)c2)C1.Cl. The zero-order chi connectivity index (χ0) is 13.1. The summed E-state index contributed by atoms with van der Waals surface area (Å²) in [4.78, 5) is 13.9. The molecule has 1 fully saturated rings. The van der Waals surface area contributed by atoms with Gasteiger partial charge in [0.05, 0.1) is 6.42 Å². The summed E-state index contributed by atoms with van der Waals surface area (Å²) in [6.45, 7) is 3.47. The predicted octanol–water partition coefficient (Wildman–Crippen LogP) is 1.99. The largest absolute Gasteiger partial charge is 0.342 e. The number of nitrogens with two attached hydrogens (primary N) is 1. The van der Waals surface area contributed by atoms with Crippen LogP contribution in [0.3, 0.4) is 0 Å². The Labute approximate surface area is 119 Å². The van der Waals surface area contributed by atoms with Crippen molar-refractivity contribution >= 4 is 18.3 Å². The minimum atomic E-state index is -0.296. The highest BCUT2D eigenvalue weighted by molar-refractivity contribution is 5.85. The number of hydrogen-bond donors (Lipinski definition) is 1. The van der Waals surface area contributed by atoms with Gasteiger partial charge < -0.3 is 10.6 Å². The molecule has 0 aromatic heterocycles. The Balaban J connectivity index is 0.00000180. The maximum atomic E-state index is 13.0. The maximum Gasteiger partial charge on any atom is 0.227 e. The Hall–Kier alpha value is -1.13. The van der Waals surface area contributed by atoms with Gasteiger partial charge in [-0.15, -0.1) is 12.4 Å². The molecule has 106 valence electrons. The van der Waals surface area contributed by atoms with Gasteiger partial charge in [0.2, 0.25) is 5.91 Å². The lowest BCUT2D eigenvalue weighted by Crippen LogP contribution is -2.33. The van der Waals surface area contributed by atoms with Crippen molar-refractivity contribution < 1.29 is 9.18 Å². The Morgan fingerprint density at radius 2 is 2.32 bits per heavy atom. The average molecular weight is 287 g/mol. The van der Waals surface area contributed by atoms with Crippen LogP contribution in [0.2, 0.25) is 0 Å². The number of benzene rings is 1. The van der Waals surface area contributed by atoms with E-state index in [2.05, 4.69) is 0 Å². The van der Waals surface area contributed by atoms with E-state index in [4.69, 9.17) is 5.73 Å². The molecule has 2 unspecified atom stereocenters. The number of rotatable bonds is 3. The van der Waals surface area contributed by atoms with Gasteiger partial charge in [-0.3, -0.25) is 4.79 Å². The standard InChI is InChI=1S/C14H19FN2O.ClH/c1-10(16)12-5-6-17(9-12)14(18)8-11-3-2-4-13(15)7-11;/h2-4,7,10,12H,5-6,8-9,16H2,1H3;1H. The first-order valence-electron chi connectivity index (χ1n) is 6.34. The summed E-state index contributed by atoms with van der Waals surface area (Å²) in [5, 5.41) is 0. The third-order valence-electron chi connectivity index (χ3n) is 3.57. The van der Waals surface area contributed by atoms with Crippen LogP contribution in [0.15, 0.2) is 24.3 Å². The molecule has 0 radical (unpaired) electrons. The monoisotopic (exact) mass is 286 g/mol. The maximum absolute atomic E-state index is 13.0. The molecule has 2 N–H and O–H groups in total. The third-order valence-corrected chi connectivity index (χ3v) is 3.57. The highest BCUT2D eigenvalue weighted by atomic mass is 35.5. The number of likely N-dealkylation sites (tertiary alicyclic amines) is 1. The second-order valence-electron chi connectivity index (χ2n) is 5.05. The molecule has 2 atom stereocenters. The molecule has 1 heterocycles. The highest BCUT2D eigenvalue weighted by Gasteiger charge is 2.28. The zero-order valence-electron chi connectivity index (χ0n) is 11.0. The summed E-state index contributed by atoms with van der Waals surface area (Å²) < 4.78 is 13.0. The summed E-state index contributed by atoms with van der Waals surface area (Å²) in [6, 6.07) is 6.33. The summed E-state index contributed by atoms with van der Waals surface area (Å²) in [5.74, 6) is 0.153. The quantitative estimate of drug-likeness (QED) is 0.924. The Kier molecular flexibility index (Phi) is 5.76. The Morgan fingerprint density at radius 3 is 2.89 bits per heavy atom. The van der Waals surface area contributed by atoms with E-state index in [0.717, 1.165) is 25.1 Å². The molecule has 0 aliphatic carbocycles. The van der Waals surface area contributed by atoms with Gasteiger partial charge in [-0.05, 0) is 37.0 Å². The first kappa shape index (κ1) is 15.9. The second kappa shape index (κ2) is 6.87.